The lowest BCUT2D eigenvalue weighted by atomic mass is 10.5. The standard InChI is InChI=1S/C6H9F3O2S.O2/c1-11-5(10)4-12-3-2-6(7,8)9;1-2/h2-4H2,1H3;. The van der Waals surface area contributed by atoms with E-state index in [-0.39, 0.29) is 11.5 Å². The van der Waals surface area contributed by atoms with Crippen LogP contribution in [0.25, 0.3) is 0 Å². The van der Waals surface area contributed by atoms with Crippen LogP contribution in [-0.4, -0.2) is 30.8 Å². The number of hydrogen-bond donors (Lipinski definition) is 0. The number of esters is 1. The Morgan fingerprint density at radius 2 is 1.86 bits per heavy atom. The number of methoxy groups -OCH3 is 1. The highest BCUT2D eigenvalue weighted by molar-refractivity contribution is 7.99. The van der Waals surface area contributed by atoms with Crippen LogP contribution in [-0.2, 0) is 9.53 Å². The predicted molar refractivity (Wildman–Crippen MR) is 46.7 cm³/mol. The van der Waals surface area contributed by atoms with Gasteiger partial charge in [0.1, 0.15) is 0 Å². The van der Waals surface area contributed by atoms with Gasteiger partial charge in [0.2, 0.25) is 0 Å². The van der Waals surface area contributed by atoms with Crippen molar-refractivity contribution in [2.24, 2.45) is 0 Å². The van der Waals surface area contributed by atoms with Gasteiger partial charge in [-0.1, -0.05) is 0 Å². The molecule has 0 amide bonds. The van der Waals surface area contributed by atoms with Crippen LogP contribution >= 0.6 is 11.8 Å². The van der Waals surface area contributed by atoms with Crippen molar-refractivity contribution in [1.29, 1.82) is 0 Å². The number of hydrogen-bond acceptors (Lipinski definition) is 5. The van der Waals surface area contributed by atoms with Gasteiger partial charge in [-0.3, -0.25) is 4.79 Å². The zero-order valence-electron chi connectivity index (χ0n) is 7.30. The molecule has 0 saturated carbocycles. The van der Waals surface area contributed by atoms with Gasteiger partial charge in [-0.05, 0) is 0 Å². The zero-order valence-corrected chi connectivity index (χ0v) is 8.11. The molecular weight excluding hydrogens is 225 g/mol. The molecule has 0 radical (unpaired) electrons. The fourth-order valence-corrected chi connectivity index (χ4v) is 1.21. The Hall–Kier alpha value is -0.790. The van der Waals surface area contributed by atoms with E-state index < -0.39 is 18.6 Å². The molecule has 0 atom stereocenters. The van der Waals surface area contributed by atoms with E-state index in [4.69, 9.17) is 9.93 Å². The Bertz CT molecular complexity index is 162. The minimum atomic E-state index is -4.14. The topological polar surface area (TPSA) is 60.4 Å². The summed E-state index contributed by atoms with van der Waals surface area (Å²) >= 11 is 0.918. The van der Waals surface area contributed by atoms with E-state index in [9.17, 15) is 18.0 Å². The summed E-state index contributed by atoms with van der Waals surface area (Å²) in [5.41, 5.74) is 0. The smallest absolute Gasteiger partial charge is 0.389 e. The van der Waals surface area contributed by atoms with Crippen LogP contribution in [0.2, 0.25) is 0 Å². The second-order valence-electron chi connectivity index (χ2n) is 1.99. The maximum absolute atomic E-state index is 11.5. The number of alkyl halides is 3. The number of thioether (sulfide) groups is 1. The van der Waals surface area contributed by atoms with Crippen LogP contribution in [0.15, 0.2) is 0 Å². The highest BCUT2D eigenvalue weighted by atomic mass is 32.2. The van der Waals surface area contributed by atoms with Crippen molar-refractivity contribution in [3.8, 4) is 0 Å². The van der Waals surface area contributed by atoms with Gasteiger partial charge < -0.3 is 4.74 Å². The molecular formula is C6H9F3O4S. The molecule has 0 saturated heterocycles. The Morgan fingerprint density at radius 1 is 1.36 bits per heavy atom. The summed E-state index contributed by atoms with van der Waals surface area (Å²) in [5.74, 6) is -0.618. The van der Waals surface area contributed by atoms with Crippen LogP contribution in [0.1, 0.15) is 6.42 Å². The fraction of sp³-hybridized carbons (Fsp3) is 0.833. The van der Waals surface area contributed by atoms with Crippen molar-refractivity contribution < 1.29 is 22.7 Å². The van der Waals surface area contributed by atoms with Crippen LogP contribution in [0.3, 0.4) is 0 Å². The number of carbonyl (C=O) groups is 1. The van der Waals surface area contributed by atoms with Gasteiger partial charge in [0.15, 0.2) is 0 Å². The summed E-state index contributed by atoms with van der Waals surface area (Å²) in [6.45, 7) is 0. The van der Waals surface area contributed by atoms with Crippen LogP contribution in [0, 0.1) is 9.93 Å². The lowest BCUT2D eigenvalue weighted by molar-refractivity contribution is -0.137. The van der Waals surface area contributed by atoms with Crippen LogP contribution in [0.5, 0.6) is 0 Å². The Labute approximate surface area is 82.4 Å². The third-order valence-corrected chi connectivity index (χ3v) is 1.91. The molecule has 0 bridgehead atoms. The summed E-state index contributed by atoms with van der Waals surface area (Å²) in [6, 6.07) is 0. The van der Waals surface area contributed by atoms with Crippen molar-refractivity contribution in [2.45, 2.75) is 12.6 Å². The average molecular weight is 234 g/mol. The van der Waals surface area contributed by atoms with Crippen LogP contribution < -0.4 is 0 Å². The molecule has 0 heterocycles. The number of halogens is 3. The highest BCUT2D eigenvalue weighted by Gasteiger charge is 2.26. The van der Waals surface area contributed by atoms with E-state index in [1.54, 1.807) is 0 Å². The minimum absolute atomic E-state index is 0.0212. The van der Waals surface area contributed by atoms with Gasteiger partial charge >= 0.3 is 12.1 Å². The molecule has 0 aliphatic heterocycles. The zero-order chi connectivity index (χ0) is 11.6. The van der Waals surface area contributed by atoms with E-state index in [2.05, 4.69) is 4.74 Å². The van der Waals surface area contributed by atoms with Gasteiger partial charge in [0.25, 0.3) is 0 Å². The molecule has 0 unspecified atom stereocenters. The number of carbonyl (C=O) groups excluding carboxylic acids is 1. The van der Waals surface area contributed by atoms with Crippen molar-refractivity contribution in [3.63, 3.8) is 0 Å². The quantitative estimate of drug-likeness (QED) is 0.549. The van der Waals surface area contributed by atoms with Gasteiger partial charge in [-0.25, -0.2) is 0 Å². The van der Waals surface area contributed by atoms with Gasteiger partial charge in [-0.15, -0.1) is 11.8 Å². The van der Waals surface area contributed by atoms with E-state index in [1.807, 2.05) is 0 Å². The average Bonchev–Trinajstić information content (AvgIpc) is 2.14. The summed E-state index contributed by atoms with van der Waals surface area (Å²) in [4.78, 5) is 24.4. The normalized spacial score (nSPS) is 10.0. The van der Waals surface area contributed by atoms with Crippen molar-refractivity contribution in [1.82, 2.24) is 0 Å². The molecule has 0 aromatic rings. The predicted octanol–water partition coefficient (Wildman–Crippen LogP) is 1.91. The molecule has 0 aromatic carbocycles. The van der Waals surface area contributed by atoms with Crippen molar-refractivity contribution >= 4 is 17.7 Å². The van der Waals surface area contributed by atoms with Crippen molar-refractivity contribution in [2.75, 3.05) is 18.6 Å². The van der Waals surface area contributed by atoms with Gasteiger partial charge in [-0.2, -0.15) is 13.2 Å². The molecule has 0 aliphatic carbocycles. The fourth-order valence-electron chi connectivity index (χ4n) is 0.402. The molecule has 4 nitrogen and oxygen atoms in total. The van der Waals surface area contributed by atoms with Gasteiger partial charge in [0.05, 0.1) is 19.3 Å². The summed E-state index contributed by atoms with van der Waals surface area (Å²) in [5, 5.41) is 0. The number of ether oxygens (including phenoxy) is 1. The lowest BCUT2D eigenvalue weighted by Gasteiger charge is -2.04. The van der Waals surface area contributed by atoms with Gasteiger partial charge in [0, 0.05) is 15.7 Å². The summed E-state index contributed by atoms with van der Waals surface area (Å²) in [7, 11) is 1.20. The summed E-state index contributed by atoms with van der Waals surface area (Å²) < 4.78 is 38.8. The molecule has 8 heteroatoms. The number of rotatable bonds is 4. The third kappa shape index (κ3) is 13.8. The van der Waals surface area contributed by atoms with E-state index in [1.165, 1.54) is 7.11 Å². The third-order valence-electron chi connectivity index (χ3n) is 0.977. The highest BCUT2D eigenvalue weighted by Crippen LogP contribution is 2.21. The Morgan fingerprint density at radius 3 is 2.21 bits per heavy atom. The molecule has 0 rings (SSSR count). The van der Waals surface area contributed by atoms with E-state index in [0.29, 0.717) is 0 Å². The molecule has 0 aromatic heterocycles. The van der Waals surface area contributed by atoms with Crippen LogP contribution in [0.4, 0.5) is 13.2 Å². The minimum Gasteiger partial charge on any atom is -0.468 e. The van der Waals surface area contributed by atoms with E-state index >= 15 is 0 Å². The largest absolute Gasteiger partial charge is 0.468 e. The second-order valence-corrected chi connectivity index (χ2v) is 3.10. The van der Waals surface area contributed by atoms with E-state index in [0.717, 1.165) is 11.8 Å². The molecule has 0 N–H and O–H groups in total. The molecule has 0 aliphatic rings. The lowest BCUT2D eigenvalue weighted by Crippen LogP contribution is -2.10. The monoisotopic (exact) mass is 234 g/mol. The Balaban J connectivity index is 0. The first-order valence-corrected chi connectivity index (χ1v) is 4.49. The first-order chi connectivity index (χ1) is 6.45. The molecule has 84 valence electrons. The molecule has 14 heavy (non-hydrogen) atoms. The second kappa shape index (κ2) is 8.79. The maximum Gasteiger partial charge on any atom is 0.389 e. The Kier molecular flexibility index (Phi) is 9.84. The molecule has 0 spiro atoms. The summed E-state index contributed by atoms with van der Waals surface area (Å²) in [6.07, 6.45) is -5.00. The first-order valence-electron chi connectivity index (χ1n) is 3.33. The molecule has 0 fully saturated rings. The van der Waals surface area contributed by atoms with Crippen molar-refractivity contribution in [3.05, 3.63) is 9.93 Å². The maximum atomic E-state index is 11.5. The first kappa shape index (κ1) is 15.7. The SMILES string of the molecule is COC(=O)CSCCC(F)(F)F.O=O.